The first-order valence-corrected chi connectivity index (χ1v) is 10.7. The fraction of sp³-hybridized carbons (Fsp3) is 0.400. The lowest BCUT2D eigenvalue weighted by atomic mass is 10.0. The molecule has 0 saturated carbocycles. The first-order chi connectivity index (χ1) is 14.7. The van der Waals surface area contributed by atoms with Crippen molar-refractivity contribution in [1.82, 2.24) is 15.5 Å². The van der Waals surface area contributed by atoms with E-state index in [1.54, 1.807) is 0 Å². The molecule has 1 aliphatic carbocycles. The molecular weight excluding hydrogens is 390 g/mol. The zero-order valence-corrected chi connectivity index (χ0v) is 18.8. The third kappa shape index (κ3) is 4.79. The molecule has 1 N–H and O–H groups in total. The van der Waals surface area contributed by atoms with Crippen LogP contribution >= 0.6 is 0 Å². The van der Waals surface area contributed by atoms with Gasteiger partial charge in [-0.3, -0.25) is 0 Å². The van der Waals surface area contributed by atoms with Gasteiger partial charge in [-0.15, -0.1) is 0 Å². The zero-order chi connectivity index (χ0) is 22.2. The molecule has 0 bridgehead atoms. The Morgan fingerprint density at radius 1 is 1.19 bits per heavy atom. The van der Waals surface area contributed by atoms with Crippen LogP contribution in [0.5, 0.6) is 0 Å². The second kappa shape index (κ2) is 8.17. The molecule has 1 aromatic heterocycles. The standard InChI is InChI=1S/C25H29N3O3/c1-15-9-10-17(13-16(15)2)14-22-27-23(28-31-22)20-8-6-7-19-18(20)11-12-21(19)26-24(29)30-25(3,4)5/h6-10,13,21H,11-12,14H2,1-5H3,(H,26,29)/t21-/m1/s1. The summed E-state index contributed by atoms with van der Waals surface area (Å²) >= 11 is 0. The van der Waals surface area contributed by atoms with Crippen LogP contribution in [0.3, 0.4) is 0 Å². The van der Waals surface area contributed by atoms with Crippen LogP contribution in [0.4, 0.5) is 4.79 Å². The van der Waals surface area contributed by atoms with Crippen LogP contribution < -0.4 is 5.32 Å². The Labute approximate surface area is 183 Å². The van der Waals surface area contributed by atoms with Gasteiger partial charge in [0, 0.05) is 5.56 Å². The van der Waals surface area contributed by atoms with E-state index in [1.807, 2.05) is 39.0 Å². The zero-order valence-electron chi connectivity index (χ0n) is 18.8. The van der Waals surface area contributed by atoms with Crippen molar-refractivity contribution in [2.45, 2.75) is 65.5 Å². The van der Waals surface area contributed by atoms with Crippen LogP contribution in [0.15, 0.2) is 40.9 Å². The number of carbonyl (C=O) groups is 1. The lowest BCUT2D eigenvalue weighted by Gasteiger charge is -2.22. The molecule has 0 fully saturated rings. The van der Waals surface area contributed by atoms with Gasteiger partial charge >= 0.3 is 6.09 Å². The number of nitrogens with zero attached hydrogens (tertiary/aromatic N) is 2. The van der Waals surface area contributed by atoms with Gasteiger partial charge in [0.15, 0.2) is 0 Å². The number of aromatic nitrogens is 2. The molecule has 1 aliphatic rings. The minimum Gasteiger partial charge on any atom is -0.444 e. The minimum atomic E-state index is -0.523. The van der Waals surface area contributed by atoms with Crippen LogP contribution in [0.1, 0.15) is 66.9 Å². The Morgan fingerprint density at radius 2 is 2.00 bits per heavy atom. The normalized spacial score (nSPS) is 15.6. The van der Waals surface area contributed by atoms with E-state index in [9.17, 15) is 4.79 Å². The van der Waals surface area contributed by atoms with Crippen molar-refractivity contribution in [3.63, 3.8) is 0 Å². The molecule has 6 heteroatoms. The molecule has 162 valence electrons. The summed E-state index contributed by atoms with van der Waals surface area (Å²) in [5.41, 5.74) is 6.35. The Morgan fingerprint density at radius 3 is 2.74 bits per heavy atom. The average Bonchev–Trinajstić information content (AvgIpc) is 3.30. The van der Waals surface area contributed by atoms with Gasteiger partial charge in [0.05, 0.1) is 12.5 Å². The summed E-state index contributed by atoms with van der Waals surface area (Å²) in [5, 5.41) is 7.23. The topological polar surface area (TPSA) is 77.2 Å². The number of benzene rings is 2. The Bertz CT molecular complexity index is 1110. The fourth-order valence-electron chi connectivity index (χ4n) is 3.99. The maximum Gasteiger partial charge on any atom is 0.408 e. The number of ether oxygens (including phenoxy) is 1. The van der Waals surface area contributed by atoms with E-state index in [0.29, 0.717) is 18.1 Å². The second-order valence-corrected chi connectivity index (χ2v) is 9.22. The van der Waals surface area contributed by atoms with Crippen molar-refractivity contribution in [2.75, 3.05) is 0 Å². The van der Waals surface area contributed by atoms with Gasteiger partial charge in [-0.05, 0) is 75.3 Å². The molecule has 0 aliphatic heterocycles. The summed E-state index contributed by atoms with van der Waals surface area (Å²) in [6.45, 7) is 9.79. The molecule has 1 heterocycles. The highest BCUT2D eigenvalue weighted by molar-refractivity contribution is 5.70. The molecule has 31 heavy (non-hydrogen) atoms. The lowest BCUT2D eigenvalue weighted by Crippen LogP contribution is -2.34. The van der Waals surface area contributed by atoms with Crippen molar-refractivity contribution < 1.29 is 14.1 Å². The van der Waals surface area contributed by atoms with E-state index < -0.39 is 11.7 Å². The molecule has 0 unspecified atom stereocenters. The van der Waals surface area contributed by atoms with Crippen molar-refractivity contribution >= 4 is 6.09 Å². The molecule has 6 nitrogen and oxygen atoms in total. The third-order valence-corrected chi connectivity index (χ3v) is 5.60. The van der Waals surface area contributed by atoms with Crippen molar-refractivity contribution in [2.24, 2.45) is 0 Å². The first kappa shape index (κ1) is 21.1. The number of carbonyl (C=O) groups excluding carboxylic acids is 1. The van der Waals surface area contributed by atoms with E-state index in [4.69, 9.17) is 9.26 Å². The maximum atomic E-state index is 12.2. The number of nitrogens with one attached hydrogen (secondary N) is 1. The van der Waals surface area contributed by atoms with Gasteiger partial charge in [0.25, 0.3) is 0 Å². The molecule has 1 atom stereocenters. The molecule has 2 aromatic carbocycles. The molecule has 0 radical (unpaired) electrons. The minimum absolute atomic E-state index is 0.0771. The fourth-order valence-corrected chi connectivity index (χ4v) is 3.99. The Balaban J connectivity index is 1.52. The molecule has 0 saturated heterocycles. The molecule has 1 amide bonds. The number of hydrogen-bond donors (Lipinski definition) is 1. The molecule has 4 rings (SSSR count). The van der Waals surface area contributed by atoms with Crippen LogP contribution in [0, 0.1) is 13.8 Å². The number of rotatable bonds is 4. The predicted octanol–water partition coefficient (Wildman–Crippen LogP) is 5.46. The number of hydrogen-bond acceptors (Lipinski definition) is 5. The van der Waals surface area contributed by atoms with Gasteiger partial charge < -0.3 is 14.6 Å². The van der Waals surface area contributed by atoms with Crippen molar-refractivity contribution in [1.29, 1.82) is 0 Å². The lowest BCUT2D eigenvalue weighted by molar-refractivity contribution is 0.0503. The smallest absolute Gasteiger partial charge is 0.408 e. The van der Waals surface area contributed by atoms with Gasteiger partial charge in [-0.25, -0.2) is 4.79 Å². The average molecular weight is 420 g/mol. The summed E-state index contributed by atoms with van der Waals surface area (Å²) in [6.07, 6.45) is 1.86. The van der Waals surface area contributed by atoms with E-state index in [1.165, 1.54) is 11.1 Å². The van der Waals surface area contributed by atoms with E-state index in [2.05, 4.69) is 47.5 Å². The SMILES string of the molecule is Cc1ccc(Cc2nc(-c3cccc4c3CC[C@H]4NC(=O)OC(C)(C)C)no2)cc1C. The van der Waals surface area contributed by atoms with Crippen LogP contribution in [0.25, 0.3) is 11.4 Å². The van der Waals surface area contributed by atoms with E-state index in [-0.39, 0.29) is 6.04 Å². The number of alkyl carbamates (subject to hydrolysis) is 1. The van der Waals surface area contributed by atoms with Gasteiger partial charge in [-0.2, -0.15) is 4.98 Å². The van der Waals surface area contributed by atoms with Crippen LogP contribution in [-0.2, 0) is 17.6 Å². The number of aryl methyl sites for hydroxylation is 2. The van der Waals surface area contributed by atoms with Crippen molar-refractivity contribution in [3.05, 3.63) is 70.1 Å². The summed E-state index contributed by atoms with van der Waals surface area (Å²) in [5.74, 6) is 1.19. The monoisotopic (exact) mass is 419 g/mol. The highest BCUT2D eigenvalue weighted by Gasteiger charge is 2.29. The summed E-state index contributed by atoms with van der Waals surface area (Å²) < 4.78 is 11.0. The van der Waals surface area contributed by atoms with Crippen molar-refractivity contribution in [3.8, 4) is 11.4 Å². The van der Waals surface area contributed by atoms with Gasteiger partial charge in [0.1, 0.15) is 5.60 Å². The largest absolute Gasteiger partial charge is 0.444 e. The second-order valence-electron chi connectivity index (χ2n) is 9.22. The van der Waals surface area contributed by atoms with E-state index in [0.717, 1.165) is 35.1 Å². The maximum absolute atomic E-state index is 12.2. The summed E-state index contributed by atoms with van der Waals surface area (Å²) in [6, 6.07) is 12.3. The molecule has 3 aromatic rings. The van der Waals surface area contributed by atoms with Crippen LogP contribution in [0.2, 0.25) is 0 Å². The molecule has 0 spiro atoms. The third-order valence-electron chi connectivity index (χ3n) is 5.60. The Hall–Kier alpha value is -3.15. The Kier molecular flexibility index (Phi) is 5.56. The highest BCUT2D eigenvalue weighted by Crippen LogP contribution is 2.37. The van der Waals surface area contributed by atoms with Crippen LogP contribution in [-0.4, -0.2) is 21.8 Å². The van der Waals surface area contributed by atoms with Gasteiger partial charge in [-0.1, -0.05) is 41.6 Å². The quantitative estimate of drug-likeness (QED) is 0.608. The number of amides is 1. The number of fused-ring (bicyclic) bond motifs is 1. The van der Waals surface area contributed by atoms with Gasteiger partial charge in [0.2, 0.25) is 11.7 Å². The highest BCUT2D eigenvalue weighted by atomic mass is 16.6. The molecular formula is C25H29N3O3. The summed E-state index contributed by atoms with van der Waals surface area (Å²) in [7, 11) is 0. The van der Waals surface area contributed by atoms with E-state index >= 15 is 0 Å². The predicted molar refractivity (Wildman–Crippen MR) is 119 cm³/mol. The first-order valence-electron chi connectivity index (χ1n) is 10.7. The summed E-state index contributed by atoms with van der Waals surface area (Å²) in [4.78, 5) is 16.9.